The highest BCUT2D eigenvalue weighted by Gasteiger charge is 2.16. The minimum Gasteiger partial charge on any atom is -0.462 e. The van der Waals surface area contributed by atoms with Crippen LogP contribution in [0, 0.1) is 11.8 Å². The fourth-order valence-electron chi connectivity index (χ4n) is 3.07. The zero-order valence-electron chi connectivity index (χ0n) is 25.9. The van der Waals surface area contributed by atoms with Crippen LogP contribution in [-0.2, 0) is 52.4 Å². The van der Waals surface area contributed by atoms with Crippen LogP contribution in [0.3, 0.4) is 0 Å². The van der Waals surface area contributed by atoms with Crippen LogP contribution in [0.25, 0.3) is 0 Å². The molecule has 3 amide bonds. The molecular weight excluding hydrogens is 554 g/mol. The molecule has 0 spiro atoms. The highest BCUT2D eigenvalue weighted by molar-refractivity contribution is 5.77. The number of hydrogen-bond donors (Lipinski definition) is 2. The first kappa shape index (κ1) is 39.2. The summed E-state index contributed by atoms with van der Waals surface area (Å²) in [5.41, 5.74) is 0. The van der Waals surface area contributed by atoms with Gasteiger partial charge >= 0.3 is 11.9 Å². The number of rotatable bonds is 26. The molecule has 0 fully saturated rings. The number of esters is 2. The van der Waals surface area contributed by atoms with E-state index in [4.69, 9.17) is 28.4 Å². The first-order chi connectivity index (χ1) is 20.0. The summed E-state index contributed by atoms with van der Waals surface area (Å²) in [6.07, 6.45) is 2.26. The fraction of sp³-hybridized carbons (Fsp3) is 0.821. The van der Waals surface area contributed by atoms with Crippen LogP contribution in [0.5, 0.6) is 0 Å². The highest BCUT2D eigenvalue weighted by atomic mass is 16.7. The van der Waals surface area contributed by atoms with E-state index in [1.807, 2.05) is 27.7 Å². The van der Waals surface area contributed by atoms with Crippen molar-refractivity contribution in [1.29, 1.82) is 0 Å². The predicted octanol–water partition coefficient (Wildman–Crippen LogP) is 1.01. The van der Waals surface area contributed by atoms with Gasteiger partial charge in [0.2, 0.25) is 17.7 Å². The Morgan fingerprint density at radius 1 is 0.690 bits per heavy atom. The largest absolute Gasteiger partial charge is 0.462 e. The van der Waals surface area contributed by atoms with Gasteiger partial charge in [0.25, 0.3) is 0 Å². The van der Waals surface area contributed by atoms with Crippen molar-refractivity contribution in [3.63, 3.8) is 0 Å². The van der Waals surface area contributed by atoms with Gasteiger partial charge < -0.3 is 44.0 Å². The molecule has 0 unspecified atom stereocenters. The molecule has 0 aromatic rings. The van der Waals surface area contributed by atoms with Crippen LogP contribution in [0.15, 0.2) is 0 Å². The molecule has 0 aliphatic heterocycles. The SMILES string of the molecule is CC(=O)NCCCOCOCC(=O)OCCN(CCOC(=O)COCOCCCNC(=O)C(C)C)C(=O)CCC(C)C. The summed E-state index contributed by atoms with van der Waals surface area (Å²) in [6, 6.07) is 0. The monoisotopic (exact) mass is 605 g/mol. The van der Waals surface area contributed by atoms with Gasteiger partial charge in [-0.3, -0.25) is 14.4 Å². The van der Waals surface area contributed by atoms with Crippen LogP contribution >= 0.6 is 0 Å². The molecule has 14 heteroatoms. The molecule has 244 valence electrons. The smallest absolute Gasteiger partial charge is 0.332 e. The van der Waals surface area contributed by atoms with Gasteiger partial charge in [-0.15, -0.1) is 0 Å². The zero-order valence-corrected chi connectivity index (χ0v) is 25.9. The van der Waals surface area contributed by atoms with E-state index in [0.717, 1.165) is 0 Å². The van der Waals surface area contributed by atoms with E-state index >= 15 is 0 Å². The summed E-state index contributed by atoms with van der Waals surface area (Å²) in [5, 5.41) is 5.42. The minimum atomic E-state index is -0.600. The Morgan fingerprint density at radius 3 is 1.64 bits per heavy atom. The Balaban J connectivity index is 4.15. The summed E-state index contributed by atoms with van der Waals surface area (Å²) in [7, 11) is 0. The average molecular weight is 606 g/mol. The van der Waals surface area contributed by atoms with E-state index in [9.17, 15) is 24.0 Å². The van der Waals surface area contributed by atoms with E-state index in [1.54, 1.807) is 0 Å². The standard InChI is InChI=1S/C28H51N3O11/c1-22(2)8-9-25(33)31(12-16-41-26(34)18-39-20-37-14-6-10-29-24(5)32)13-17-42-27(35)19-40-21-38-15-7-11-30-28(36)23(3)4/h22-23H,6-21H2,1-5H3,(H,29,32)(H,30,36). The number of nitrogens with zero attached hydrogens (tertiary/aromatic N) is 1. The second-order valence-corrected chi connectivity index (χ2v) is 10.1. The fourth-order valence-corrected chi connectivity index (χ4v) is 3.07. The summed E-state index contributed by atoms with van der Waals surface area (Å²) in [6.45, 7) is 10.2. The number of nitrogens with one attached hydrogen (secondary N) is 2. The predicted molar refractivity (Wildman–Crippen MR) is 152 cm³/mol. The Hall–Kier alpha value is -2.81. The van der Waals surface area contributed by atoms with Crippen molar-refractivity contribution in [3.8, 4) is 0 Å². The van der Waals surface area contributed by atoms with Crippen molar-refractivity contribution in [3.05, 3.63) is 0 Å². The van der Waals surface area contributed by atoms with Crippen LogP contribution in [0.4, 0.5) is 0 Å². The summed E-state index contributed by atoms with van der Waals surface area (Å²) >= 11 is 0. The second kappa shape index (κ2) is 25.9. The normalized spacial score (nSPS) is 10.9. The lowest BCUT2D eigenvalue weighted by Gasteiger charge is -2.23. The highest BCUT2D eigenvalue weighted by Crippen LogP contribution is 2.07. The lowest BCUT2D eigenvalue weighted by molar-refractivity contribution is -0.157. The lowest BCUT2D eigenvalue weighted by Crippen LogP contribution is -2.37. The molecule has 0 saturated carbocycles. The maximum Gasteiger partial charge on any atom is 0.332 e. The van der Waals surface area contributed by atoms with Crippen LogP contribution < -0.4 is 10.6 Å². The second-order valence-electron chi connectivity index (χ2n) is 10.1. The van der Waals surface area contributed by atoms with E-state index in [1.165, 1.54) is 11.8 Å². The van der Waals surface area contributed by atoms with Gasteiger partial charge in [0.15, 0.2) is 0 Å². The molecule has 14 nitrogen and oxygen atoms in total. The molecule has 0 bridgehead atoms. The molecule has 0 aliphatic rings. The molecule has 0 atom stereocenters. The third-order valence-corrected chi connectivity index (χ3v) is 5.44. The number of amides is 3. The van der Waals surface area contributed by atoms with E-state index in [-0.39, 0.29) is 76.7 Å². The minimum absolute atomic E-state index is 0.0183. The van der Waals surface area contributed by atoms with Crippen LogP contribution in [-0.4, -0.2) is 114 Å². The van der Waals surface area contributed by atoms with E-state index < -0.39 is 11.9 Å². The van der Waals surface area contributed by atoms with Gasteiger partial charge in [-0.25, -0.2) is 9.59 Å². The van der Waals surface area contributed by atoms with Gasteiger partial charge in [-0.05, 0) is 25.2 Å². The summed E-state index contributed by atoms with van der Waals surface area (Å²) in [4.78, 5) is 60.2. The first-order valence-electron chi connectivity index (χ1n) is 14.4. The Labute approximate surface area is 249 Å². The Morgan fingerprint density at radius 2 is 1.19 bits per heavy atom. The number of ether oxygens (including phenoxy) is 6. The van der Waals surface area contributed by atoms with Gasteiger partial charge in [-0.2, -0.15) is 0 Å². The zero-order chi connectivity index (χ0) is 31.6. The molecule has 0 aromatic heterocycles. The number of carbonyl (C=O) groups is 5. The third-order valence-electron chi connectivity index (χ3n) is 5.44. The average Bonchev–Trinajstić information content (AvgIpc) is 2.93. The quantitative estimate of drug-likeness (QED) is 0.0820. The van der Waals surface area contributed by atoms with Gasteiger partial charge in [0.1, 0.15) is 40.0 Å². The van der Waals surface area contributed by atoms with Crippen LogP contribution in [0.1, 0.15) is 60.3 Å². The van der Waals surface area contributed by atoms with Crippen molar-refractivity contribution in [2.75, 3.05) is 79.4 Å². The number of hydrogen-bond acceptors (Lipinski definition) is 11. The van der Waals surface area contributed by atoms with Crippen molar-refractivity contribution in [2.24, 2.45) is 11.8 Å². The van der Waals surface area contributed by atoms with Crippen molar-refractivity contribution in [2.45, 2.75) is 60.3 Å². The summed E-state index contributed by atoms with van der Waals surface area (Å²) in [5.74, 6) is -1.19. The van der Waals surface area contributed by atoms with Crippen LogP contribution in [0.2, 0.25) is 0 Å². The topological polar surface area (TPSA) is 168 Å². The van der Waals surface area contributed by atoms with E-state index in [2.05, 4.69) is 10.6 Å². The Bertz CT molecular complexity index is 778. The summed E-state index contributed by atoms with van der Waals surface area (Å²) < 4.78 is 31.0. The molecule has 2 N–H and O–H groups in total. The van der Waals surface area contributed by atoms with Gasteiger partial charge in [0.05, 0.1) is 26.3 Å². The molecule has 0 saturated heterocycles. The van der Waals surface area contributed by atoms with Gasteiger partial charge in [-0.1, -0.05) is 27.7 Å². The van der Waals surface area contributed by atoms with Gasteiger partial charge in [0, 0.05) is 32.4 Å². The molecular formula is C28H51N3O11. The molecule has 42 heavy (non-hydrogen) atoms. The maximum absolute atomic E-state index is 12.7. The van der Waals surface area contributed by atoms with Crippen molar-refractivity contribution >= 4 is 29.7 Å². The third kappa shape index (κ3) is 24.9. The molecule has 0 rings (SSSR count). The van der Waals surface area contributed by atoms with E-state index in [0.29, 0.717) is 57.9 Å². The molecule has 0 radical (unpaired) electrons. The maximum atomic E-state index is 12.7. The van der Waals surface area contributed by atoms with Crippen molar-refractivity contribution in [1.82, 2.24) is 15.5 Å². The Kier molecular flexibility index (Phi) is 24.1. The first-order valence-corrected chi connectivity index (χ1v) is 14.4. The molecule has 0 aliphatic carbocycles. The lowest BCUT2D eigenvalue weighted by atomic mass is 10.1. The van der Waals surface area contributed by atoms with Crippen molar-refractivity contribution < 1.29 is 52.4 Å². The molecule has 0 aromatic carbocycles. The number of carbonyl (C=O) groups excluding carboxylic acids is 5. The molecule has 0 heterocycles.